The lowest BCUT2D eigenvalue weighted by Gasteiger charge is -2.15. The van der Waals surface area contributed by atoms with Crippen molar-refractivity contribution in [3.63, 3.8) is 0 Å². The lowest BCUT2D eigenvalue weighted by atomic mass is 10.1. The van der Waals surface area contributed by atoms with E-state index in [1.165, 1.54) is 6.08 Å². The van der Waals surface area contributed by atoms with Crippen LogP contribution in [0.5, 0.6) is 11.5 Å². The molecule has 186 valence electrons. The number of nitrogens with one attached hydrogen (secondary N) is 1. The van der Waals surface area contributed by atoms with Crippen LogP contribution in [-0.4, -0.2) is 12.5 Å². The van der Waals surface area contributed by atoms with Crippen LogP contribution < -0.4 is 14.8 Å². The number of aryl methyl sites for hydroxylation is 2. The van der Waals surface area contributed by atoms with Crippen molar-refractivity contribution in [1.82, 2.24) is 0 Å². The third-order valence-corrected chi connectivity index (χ3v) is 6.18. The van der Waals surface area contributed by atoms with Crippen LogP contribution in [0, 0.1) is 25.2 Å². The molecule has 0 saturated heterocycles. The summed E-state index contributed by atoms with van der Waals surface area (Å²) in [6, 6.07) is 25.3. The van der Waals surface area contributed by atoms with E-state index in [9.17, 15) is 10.1 Å². The maximum absolute atomic E-state index is 12.8. The highest BCUT2D eigenvalue weighted by Gasteiger charge is 2.16. The van der Waals surface area contributed by atoms with Crippen molar-refractivity contribution >= 4 is 40.0 Å². The molecule has 0 fully saturated rings. The molecule has 0 aliphatic rings. The molecule has 5 nitrogen and oxygen atoms in total. The number of amides is 1. The number of fused-ring (bicyclic) bond motifs is 1. The predicted octanol–water partition coefficient (Wildman–Crippen LogP) is 7.63. The number of carbonyl (C=O) groups is 1. The van der Waals surface area contributed by atoms with Crippen molar-refractivity contribution in [2.75, 3.05) is 11.9 Å². The summed E-state index contributed by atoms with van der Waals surface area (Å²) in [7, 11) is 0. The summed E-state index contributed by atoms with van der Waals surface area (Å²) in [5, 5.41) is 15.1. The van der Waals surface area contributed by atoms with Crippen molar-refractivity contribution in [2.45, 2.75) is 27.4 Å². The zero-order valence-corrected chi connectivity index (χ0v) is 21.7. The Hall–Kier alpha value is -4.27. The molecule has 37 heavy (non-hydrogen) atoms. The summed E-state index contributed by atoms with van der Waals surface area (Å²) in [5.41, 5.74) is 4.11. The number of anilines is 1. The van der Waals surface area contributed by atoms with Crippen LogP contribution in [0.2, 0.25) is 5.02 Å². The second-order valence-electron chi connectivity index (χ2n) is 8.63. The quantitative estimate of drug-likeness (QED) is 0.195. The van der Waals surface area contributed by atoms with Gasteiger partial charge in [-0.2, -0.15) is 5.26 Å². The van der Waals surface area contributed by atoms with E-state index in [0.29, 0.717) is 41.0 Å². The number of nitriles is 1. The van der Waals surface area contributed by atoms with E-state index in [-0.39, 0.29) is 5.57 Å². The molecule has 0 aromatic heterocycles. The molecular weight excluding hydrogens is 484 g/mol. The topological polar surface area (TPSA) is 71.3 Å². The van der Waals surface area contributed by atoms with E-state index in [0.717, 1.165) is 27.5 Å². The zero-order valence-electron chi connectivity index (χ0n) is 21.0. The molecule has 0 aliphatic heterocycles. The van der Waals surface area contributed by atoms with Gasteiger partial charge in [0.05, 0.1) is 11.6 Å². The molecular formula is C31H27ClN2O3. The first kappa shape index (κ1) is 25.8. The van der Waals surface area contributed by atoms with Crippen molar-refractivity contribution in [2.24, 2.45) is 0 Å². The van der Waals surface area contributed by atoms with Crippen LogP contribution in [0.15, 0.2) is 78.4 Å². The molecule has 0 bridgehead atoms. The monoisotopic (exact) mass is 510 g/mol. The summed E-state index contributed by atoms with van der Waals surface area (Å²) in [4.78, 5) is 12.8. The third-order valence-electron chi connectivity index (χ3n) is 5.90. The van der Waals surface area contributed by atoms with Gasteiger partial charge < -0.3 is 14.8 Å². The number of halogens is 1. The van der Waals surface area contributed by atoms with Gasteiger partial charge in [0.1, 0.15) is 18.2 Å². The van der Waals surface area contributed by atoms with E-state index in [4.69, 9.17) is 21.1 Å². The molecule has 1 amide bonds. The van der Waals surface area contributed by atoms with Gasteiger partial charge in [-0.05, 0) is 78.1 Å². The van der Waals surface area contributed by atoms with Gasteiger partial charge in [0.2, 0.25) is 0 Å². The fourth-order valence-corrected chi connectivity index (χ4v) is 4.29. The number of ether oxygens (including phenoxy) is 2. The highest BCUT2D eigenvalue weighted by atomic mass is 35.5. The number of carbonyl (C=O) groups excluding carboxylic acids is 1. The Balaban J connectivity index is 1.60. The molecule has 4 rings (SSSR count). The molecule has 0 atom stereocenters. The zero-order chi connectivity index (χ0) is 26.4. The van der Waals surface area contributed by atoms with E-state index in [2.05, 4.69) is 23.5 Å². The Morgan fingerprint density at radius 1 is 1.03 bits per heavy atom. The molecule has 0 saturated carbocycles. The molecule has 0 spiro atoms. The van der Waals surface area contributed by atoms with Crippen molar-refractivity contribution in [1.29, 1.82) is 5.26 Å². The molecule has 4 aromatic rings. The lowest BCUT2D eigenvalue weighted by Crippen LogP contribution is -2.14. The number of benzene rings is 4. The third kappa shape index (κ3) is 6.11. The average molecular weight is 511 g/mol. The van der Waals surface area contributed by atoms with E-state index < -0.39 is 5.91 Å². The van der Waals surface area contributed by atoms with Crippen LogP contribution in [0.25, 0.3) is 16.8 Å². The summed E-state index contributed by atoms with van der Waals surface area (Å²) < 4.78 is 11.9. The van der Waals surface area contributed by atoms with Crippen LogP contribution >= 0.6 is 11.6 Å². The fraction of sp³-hybridized carbons (Fsp3) is 0.161. The maximum atomic E-state index is 12.8. The van der Waals surface area contributed by atoms with Gasteiger partial charge in [0, 0.05) is 5.69 Å². The second-order valence-corrected chi connectivity index (χ2v) is 9.04. The first-order valence-electron chi connectivity index (χ1n) is 12.0. The molecule has 0 radical (unpaired) electrons. The summed E-state index contributed by atoms with van der Waals surface area (Å²) in [6.07, 6.45) is 1.49. The first-order valence-corrected chi connectivity index (χ1v) is 12.3. The van der Waals surface area contributed by atoms with E-state index in [1.54, 1.807) is 12.1 Å². The number of hydrogen-bond acceptors (Lipinski definition) is 4. The van der Waals surface area contributed by atoms with Gasteiger partial charge in [-0.1, -0.05) is 66.2 Å². The molecule has 0 aliphatic carbocycles. The Kier molecular flexibility index (Phi) is 8.12. The highest BCUT2D eigenvalue weighted by Crippen LogP contribution is 2.38. The molecule has 0 unspecified atom stereocenters. The van der Waals surface area contributed by atoms with E-state index in [1.807, 2.05) is 69.3 Å². The normalized spacial score (nSPS) is 11.2. The Morgan fingerprint density at radius 2 is 1.81 bits per heavy atom. The number of rotatable bonds is 8. The SMILES string of the molecule is CCOc1cc(/C=C(\C#N)C(=O)Nc2cc(C)ccc2C)cc(Cl)c1OCc1cccc2ccccc12. The average Bonchev–Trinajstić information content (AvgIpc) is 2.89. The summed E-state index contributed by atoms with van der Waals surface area (Å²) in [5.74, 6) is 0.349. The van der Waals surface area contributed by atoms with Gasteiger partial charge in [-0.25, -0.2) is 0 Å². The van der Waals surface area contributed by atoms with Crippen LogP contribution in [0.1, 0.15) is 29.2 Å². The Labute approximate surface area is 221 Å². The number of hydrogen-bond donors (Lipinski definition) is 1. The molecule has 1 N–H and O–H groups in total. The smallest absolute Gasteiger partial charge is 0.266 e. The standard InChI is InChI=1S/C31H27ClN2O3/c1-4-36-29-17-22(15-25(18-33)31(35)34-28-14-20(2)12-13-21(28)3)16-27(32)30(29)37-19-24-10-7-9-23-8-5-6-11-26(23)24/h5-17H,4,19H2,1-3H3,(H,34,35)/b25-15+. The highest BCUT2D eigenvalue weighted by molar-refractivity contribution is 6.32. The van der Waals surface area contributed by atoms with E-state index >= 15 is 0 Å². The van der Waals surface area contributed by atoms with Crippen LogP contribution in [-0.2, 0) is 11.4 Å². The van der Waals surface area contributed by atoms with Crippen LogP contribution in [0.4, 0.5) is 5.69 Å². The molecule has 0 heterocycles. The van der Waals surface area contributed by atoms with Gasteiger partial charge in [0.25, 0.3) is 5.91 Å². The van der Waals surface area contributed by atoms with Crippen molar-refractivity contribution in [3.05, 3.63) is 106 Å². The maximum Gasteiger partial charge on any atom is 0.266 e. The number of nitrogens with zero attached hydrogens (tertiary/aromatic N) is 1. The summed E-state index contributed by atoms with van der Waals surface area (Å²) >= 11 is 6.61. The minimum atomic E-state index is -0.499. The Bertz CT molecular complexity index is 1530. The fourth-order valence-electron chi connectivity index (χ4n) is 4.02. The van der Waals surface area contributed by atoms with Gasteiger partial charge in [0.15, 0.2) is 11.5 Å². The lowest BCUT2D eigenvalue weighted by molar-refractivity contribution is -0.112. The predicted molar refractivity (Wildman–Crippen MR) is 149 cm³/mol. The summed E-state index contributed by atoms with van der Waals surface area (Å²) in [6.45, 7) is 6.40. The van der Waals surface area contributed by atoms with Crippen molar-refractivity contribution < 1.29 is 14.3 Å². The Morgan fingerprint density at radius 3 is 2.59 bits per heavy atom. The van der Waals surface area contributed by atoms with Crippen molar-refractivity contribution in [3.8, 4) is 17.6 Å². The van der Waals surface area contributed by atoms with Gasteiger partial charge >= 0.3 is 0 Å². The minimum absolute atomic E-state index is 0.0520. The van der Waals surface area contributed by atoms with Gasteiger partial charge in [-0.3, -0.25) is 4.79 Å². The van der Waals surface area contributed by atoms with Gasteiger partial charge in [-0.15, -0.1) is 0 Å². The second kappa shape index (κ2) is 11.6. The molecule has 6 heteroatoms. The van der Waals surface area contributed by atoms with Crippen LogP contribution in [0.3, 0.4) is 0 Å². The first-order chi connectivity index (χ1) is 17.9. The largest absolute Gasteiger partial charge is 0.490 e. The minimum Gasteiger partial charge on any atom is -0.490 e. The molecule has 4 aromatic carbocycles.